The van der Waals surface area contributed by atoms with Crippen molar-refractivity contribution in [2.75, 3.05) is 0 Å². The van der Waals surface area contributed by atoms with E-state index in [0.717, 1.165) is 18.5 Å². The molecule has 0 spiro atoms. The lowest BCUT2D eigenvalue weighted by Crippen LogP contribution is -2.10. The van der Waals surface area contributed by atoms with Gasteiger partial charge in [0.25, 0.3) is 0 Å². The molecule has 0 bridgehead atoms. The predicted molar refractivity (Wildman–Crippen MR) is 63.2 cm³/mol. The third-order valence-electron chi connectivity index (χ3n) is 2.56. The molecule has 1 aromatic carbocycles. The highest BCUT2D eigenvalue weighted by molar-refractivity contribution is 5.31. The molecule has 0 saturated heterocycles. The minimum Gasteiger partial charge on any atom is -0.323 e. The van der Waals surface area contributed by atoms with E-state index in [1.165, 1.54) is 16.8 Å². The van der Waals surface area contributed by atoms with Gasteiger partial charge in [-0.25, -0.2) is 9.07 Å². The Balaban J connectivity index is 2.23. The van der Waals surface area contributed by atoms with E-state index in [1.807, 2.05) is 0 Å². The predicted octanol–water partition coefficient (Wildman–Crippen LogP) is 2.21. The fourth-order valence-corrected chi connectivity index (χ4v) is 1.65. The van der Waals surface area contributed by atoms with Gasteiger partial charge in [-0.2, -0.15) is 0 Å². The molecule has 0 fully saturated rings. The maximum Gasteiger partial charge on any atom is 0.125 e. The summed E-state index contributed by atoms with van der Waals surface area (Å²) in [5.74, 6) is -0.294. The molecule has 17 heavy (non-hydrogen) atoms. The van der Waals surface area contributed by atoms with Gasteiger partial charge in [0.05, 0.1) is 23.6 Å². The van der Waals surface area contributed by atoms with Gasteiger partial charge in [0, 0.05) is 0 Å². The standard InChI is InChI=1S/C12H15FN4/c1-2-4-11(14)12-8-17(16-15-12)10-6-3-5-9(13)7-10/h3,5-8,11H,2,4,14H2,1H3. The number of hydrogen-bond donors (Lipinski definition) is 1. The van der Waals surface area contributed by atoms with Crippen molar-refractivity contribution in [3.8, 4) is 5.69 Å². The SMILES string of the molecule is CCCC(N)c1cn(-c2cccc(F)c2)nn1. The first-order chi connectivity index (χ1) is 8.20. The van der Waals surface area contributed by atoms with Crippen molar-refractivity contribution in [2.24, 2.45) is 5.73 Å². The zero-order valence-corrected chi connectivity index (χ0v) is 9.68. The average Bonchev–Trinajstić information content (AvgIpc) is 2.78. The van der Waals surface area contributed by atoms with Gasteiger partial charge < -0.3 is 5.73 Å². The molecule has 4 nitrogen and oxygen atoms in total. The van der Waals surface area contributed by atoms with Crippen LogP contribution in [-0.2, 0) is 0 Å². The summed E-state index contributed by atoms with van der Waals surface area (Å²) in [6.45, 7) is 2.07. The third kappa shape index (κ3) is 2.68. The second kappa shape index (κ2) is 5.05. The van der Waals surface area contributed by atoms with Crippen molar-refractivity contribution in [1.82, 2.24) is 15.0 Å². The number of aromatic nitrogens is 3. The van der Waals surface area contributed by atoms with Gasteiger partial charge in [0.1, 0.15) is 5.82 Å². The Morgan fingerprint density at radius 3 is 3.00 bits per heavy atom. The van der Waals surface area contributed by atoms with Gasteiger partial charge in [-0.3, -0.25) is 0 Å². The minimum atomic E-state index is -0.294. The maximum atomic E-state index is 13.1. The van der Waals surface area contributed by atoms with E-state index in [-0.39, 0.29) is 11.9 Å². The summed E-state index contributed by atoms with van der Waals surface area (Å²) in [6.07, 6.45) is 3.60. The highest BCUT2D eigenvalue weighted by Crippen LogP contribution is 2.14. The van der Waals surface area contributed by atoms with Gasteiger partial charge in [-0.1, -0.05) is 24.6 Å². The molecule has 2 aromatic rings. The summed E-state index contributed by atoms with van der Waals surface area (Å²) < 4.78 is 14.6. The molecular weight excluding hydrogens is 219 g/mol. The van der Waals surface area contributed by atoms with E-state index < -0.39 is 0 Å². The molecule has 0 saturated carbocycles. The van der Waals surface area contributed by atoms with Crippen molar-refractivity contribution in [3.05, 3.63) is 42.0 Å². The van der Waals surface area contributed by atoms with Crippen LogP contribution in [0, 0.1) is 5.82 Å². The number of hydrogen-bond acceptors (Lipinski definition) is 3. The molecule has 90 valence electrons. The van der Waals surface area contributed by atoms with Crippen molar-refractivity contribution >= 4 is 0 Å². The number of halogens is 1. The van der Waals surface area contributed by atoms with Crippen LogP contribution in [0.2, 0.25) is 0 Å². The normalized spacial score (nSPS) is 12.6. The lowest BCUT2D eigenvalue weighted by molar-refractivity contribution is 0.619. The molecular formula is C12H15FN4. The number of benzene rings is 1. The first-order valence-electron chi connectivity index (χ1n) is 5.64. The Morgan fingerprint density at radius 2 is 2.29 bits per heavy atom. The maximum absolute atomic E-state index is 13.1. The largest absolute Gasteiger partial charge is 0.323 e. The summed E-state index contributed by atoms with van der Waals surface area (Å²) in [5.41, 5.74) is 7.32. The minimum absolute atomic E-state index is 0.109. The lowest BCUT2D eigenvalue weighted by atomic mass is 10.1. The molecule has 0 aliphatic heterocycles. The molecule has 0 radical (unpaired) electrons. The lowest BCUT2D eigenvalue weighted by Gasteiger charge is -2.04. The number of nitrogens with two attached hydrogens (primary N) is 1. The Kier molecular flexibility index (Phi) is 3.49. The fraction of sp³-hybridized carbons (Fsp3) is 0.333. The average molecular weight is 234 g/mol. The van der Waals surface area contributed by atoms with E-state index in [4.69, 9.17) is 5.73 Å². The summed E-state index contributed by atoms with van der Waals surface area (Å²) in [7, 11) is 0. The molecule has 1 unspecified atom stereocenters. The van der Waals surface area contributed by atoms with Crippen molar-refractivity contribution in [1.29, 1.82) is 0 Å². The van der Waals surface area contributed by atoms with Gasteiger partial charge in [-0.05, 0) is 24.6 Å². The molecule has 0 aliphatic carbocycles. The summed E-state index contributed by atoms with van der Waals surface area (Å²) >= 11 is 0. The molecule has 0 amide bonds. The molecule has 2 rings (SSSR count). The van der Waals surface area contributed by atoms with Crippen LogP contribution < -0.4 is 5.73 Å². The van der Waals surface area contributed by atoms with Gasteiger partial charge in [0.15, 0.2) is 0 Å². The topological polar surface area (TPSA) is 56.7 Å². The highest BCUT2D eigenvalue weighted by Gasteiger charge is 2.10. The van der Waals surface area contributed by atoms with Crippen LogP contribution >= 0.6 is 0 Å². The molecule has 0 aliphatic rings. The Morgan fingerprint density at radius 1 is 1.47 bits per heavy atom. The van der Waals surface area contributed by atoms with Gasteiger partial charge >= 0.3 is 0 Å². The Hall–Kier alpha value is -1.75. The van der Waals surface area contributed by atoms with Crippen molar-refractivity contribution in [2.45, 2.75) is 25.8 Å². The fourth-order valence-electron chi connectivity index (χ4n) is 1.65. The van der Waals surface area contributed by atoms with E-state index in [1.54, 1.807) is 18.3 Å². The second-order valence-corrected chi connectivity index (χ2v) is 3.96. The van der Waals surface area contributed by atoms with Crippen LogP contribution in [0.1, 0.15) is 31.5 Å². The molecule has 5 heteroatoms. The molecule has 2 N–H and O–H groups in total. The molecule has 1 aromatic heterocycles. The highest BCUT2D eigenvalue weighted by atomic mass is 19.1. The van der Waals surface area contributed by atoms with E-state index in [0.29, 0.717) is 5.69 Å². The smallest absolute Gasteiger partial charge is 0.125 e. The van der Waals surface area contributed by atoms with Gasteiger partial charge in [-0.15, -0.1) is 5.10 Å². The number of rotatable bonds is 4. The summed E-state index contributed by atoms with van der Waals surface area (Å²) in [5, 5.41) is 7.96. The Labute approximate surface area is 99.2 Å². The van der Waals surface area contributed by atoms with Crippen LogP contribution in [0.3, 0.4) is 0 Å². The van der Waals surface area contributed by atoms with Crippen LogP contribution in [0.25, 0.3) is 5.69 Å². The van der Waals surface area contributed by atoms with Crippen LogP contribution in [0.15, 0.2) is 30.5 Å². The quantitative estimate of drug-likeness (QED) is 0.882. The van der Waals surface area contributed by atoms with Crippen LogP contribution in [0.5, 0.6) is 0 Å². The van der Waals surface area contributed by atoms with E-state index in [2.05, 4.69) is 17.2 Å². The van der Waals surface area contributed by atoms with Crippen molar-refractivity contribution < 1.29 is 4.39 Å². The summed E-state index contributed by atoms with van der Waals surface area (Å²) in [6, 6.07) is 6.10. The van der Waals surface area contributed by atoms with Crippen LogP contribution in [-0.4, -0.2) is 15.0 Å². The zero-order valence-electron chi connectivity index (χ0n) is 9.68. The number of nitrogens with zero attached hydrogens (tertiary/aromatic N) is 3. The second-order valence-electron chi connectivity index (χ2n) is 3.96. The van der Waals surface area contributed by atoms with Gasteiger partial charge in [0.2, 0.25) is 0 Å². The Bertz CT molecular complexity index is 495. The zero-order chi connectivity index (χ0) is 12.3. The monoisotopic (exact) mass is 234 g/mol. The van der Waals surface area contributed by atoms with E-state index in [9.17, 15) is 4.39 Å². The molecule has 1 atom stereocenters. The van der Waals surface area contributed by atoms with E-state index >= 15 is 0 Å². The first-order valence-corrected chi connectivity index (χ1v) is 5.64. The van der Waals surface area contributed by atoms with Crippen LogP contribution in [0.4, 0.5) is 4.39 Å². The third-order valence-corrected chi connectivity index (χ3v) is 2.56. The van der Waals surface area contributed by atoms with Crippen molar-refractivity contribution in [3.63, 3.8) is 0 Å². The molecule has 1 heterocycles. The summed E-state index contributed by atoms with van der Waals surface area (Å²) in [4.78, 5) is 0. The first kappa shape index (κ1) is 11.7.